The van der Waals surface area contributed by atoms with Crippen LogP contribution in [-0.4, -0.2) is 16.3 Å². The van der Waals surface area contributed by atoms with Gasteiger partial charge in [0.05, 0.1) is 6.07 Å². The maximum absolute atomic E-state index is 13.2. The van der Waals surface area contributed by atoms with Gasteiger partial charge in [-0.05, 0) is 17.7 Å². The second kappa shape index (κ2) is 4.84. The summed E-state index contributed by atoms with van der Waals surface area (Å²) in [5.74, 6) is -0.672. The van der Waals surface area contributed by atoms with E-state index in [1.807, 2.05) is 0 Å². The summed E-state index contributed by atoms with van der Waals surface area (Å²) >= 11 is 0. The molecule has 15 heavy (non-hydrogen) atoms. The summed E-state index contributed by atoms with van der Waals surface area (Å²) in [6.45, 7) is 0.197. The van der Waals surface area contributed by atoms with E-state index < -0.39 is 18.0 Å². The van der Waals surface area contributed by atoms with Gasteiger partial charge in [-0.3, -0.25) is 0 Å². The summed E-state index contributed by atoms with van der Waals surface area (Å²) in [6, 6.07) is 5.39. The number of hydrogen-bond donors (Lipinski definition) is 3. The zero-order chi connectivity index (χ0) is 11.4. The minimum atomic E-state index is -1.65. The van der Waals surface area contributed by atoms with E-state index in [0.29, 0.717) is 5.56 Å². The van der Waals surface area contributed by atoms with E-state index in [1.54, 1.807) is 0 Å². The molecule has 0 radical (unpaired) electrons. The predicted octanol–water partition coefficient (Wildman–Crippen LogP) is 0.202. The molecule has 1 aromatic carbocycles. The van der Waals surface area contributed by atoms with Crippen molar-refractivity contribution in [3.05, 3.63) is 35.1 Å². The Morgan fingerprint density at radius 3 is 2.67 bits per heavy atom. The Morgan fingerprint density at radius 2 is 2.13 bits per heavy atom. The molecule has 4 nitrogen and oxygen atoms in total. The molecule has 0 heterocycles. The number of nitrogens with two attached hydrogens (primary N) is 1. The molecule has 0 spiro atoms. The van der Waals surface area contributed by atoms with Gasteiger partial charge in [-0.1, -0.05) is 6.07 Å². The Hall–Kier alpha value is -1.48. The third-order valence-electron chi connectivity index (χ3n) is 2.05. The van der Waals surface area contributed by atoms with Crippen molar-refractivity contribution in [2.24, 2.45) is 5.73 Å². The van der Waals surface area contributed by atoms with Gasteiger partial charge in [0.2, 0.25) is 0 Å². The number of benzene rings is 1. The summed E-state index contributed by atoms with van der Waals surface area (Å²) in [7, 11) is 0. The Labute approximate surface area is 86.4 Å². The number of aliphatic hydroxyl groups is 2. The summed E-state index contributed by atoms with van der Waals surface area (Å²) in [4.78, 5) is 0. The zero-order valence-electron chi connectivity index (χ0n) is 7.89. The lowest BCUT2D eigenvalue weighted by Crippen LogP contribution is -2.17. The summed E-state index contributed by atoms with van der Waals surface area (Å²) < 4.78 is 13.2. The Kier molecular flexibility index (Phi) is 3.74. The lowest BCUT2D eigenvalue weighted by molar-refractivity contribution is 0.0503. The van der Waals surface area contributed by atoms with Crippen molar-refractivity contribution in [3.63, 3.8) is 0 Å². The van der Waals surface area contributed by atoms with Crippen LogP contribution in [0, 0.1) is 17.1 Å². The second-order valence-corrected chi connectivity index (χ2v) is 3.08. The van der Waals surface area contributed by atoms with Crippen molar-refractivity contribution >= 4 is 0 Å². The van der Waals surface area contributed by atoms with E-state index >= 15 is 0 Å². The first-order valence-electron chi connectivity index (χ1n) is 4.34. The average Bonchev–Trinajstić information content (AvgIpc) is 2.27. The van der Waals surface area contributed by atoms with Crippen molar-refractivity contribution in [1.29, 1.82) is 5.26 Å². The highest BCUT2D eigenvalue weighted by molar-refractivity contribution is 5.28. The topological polar surface area (TPSA) is 90.3 Å². The molecule has 1 aromatic rings. The first kappa shape index (κ1) is 11.6. The van der Waals surface area contributed by atoms with Gasteiger partial charge in [0.15, 0.2) is 6.10 Å². The quantitative estimate of drug-likeness (QED) is 0.622. The van der Waals surface area contributed by atoms with E-state index in [-0.39, 0.29) is 12.1 Å². The lowest BCUT2D eigenvalue weighted by atomic mass is 10.0. The fraction of sp³-hybridized carbons (Fsp3) is 0.300. The van der Waals surface area contributed by atoms with Gasteiger partial charge in [-0.2, -0.15) is 5.26 Å². The predicted molar refractivity (Wildman–Crippen MR) is 50.9 cm³/mol. The number of rotatable bonds is 3. The van der Waals surface area contributed by atoms with Crippen LogP contribution in [0.25, 0.3) is 0 Å². The summed E-state index contributed by atoms with van der Waals surface area (Å²) in [5.41, 5.74) is 5.85. The Bertz CT molecular complexity index is 389. The van der Waals surface area contributed by atoms with Crippen LogP contribution in [0.1, 0.15) is 17.2 Å². The molecule has 0 fully saturated rings. The van der Waals surface area contributed by atoms with Gasteiger partial charge in [0.25, 0.3) is 0 Å². The van der Waals surface area contributed by atoms with Crippen LogP contribution in [0.3, 0.4) is 0 Å². The van der Waals surface area contributed by atoms with E-state index in [9.17, 15) is 9.50 Å². The van der Waals surface area contributed by atoms with Gasteiger partial charge in [0, 0.05) is 12.1 Å². The van der Waals surface area contributed by atoms with Gasteiger partial charge < -0.3 is 15.9 Å². The monoisotopic (exact) mass is 210 g/mol. The molecule has 0 aliphatic carbocycles. The number of hydrogen-bond acceptors (Lipinski definition) is 4. The third-order valence-corrected chi connectivity index (χ3v) is 2.05. The van der Waals surface area contributed by atoms with Crippen LogP contribution < -0.4 is 5.73 Å². The highest BCUT2D eigenvalue weighted by atomic mass is 19.1. The molecule has 1 rings (SSSR count). The average molecular weight is 210 g/mol. The molecule has 2 atom stereocenters. The first-order chi connectivity index (χ1) is 7.10. The fourth-order valence-corrected chi connectivity index (χ4v) is 1.19. The van der Waals surface area contributed by atoms with Gasteiger partial charge in [0.1, 0.15) is 11.9 Å². The highest BCUT2D eigenvalue weighted by Crippen LogP contribution is 2.21. The van der Waals surface area contributed by atoms with Gasteiger partial charge in [-0.25, -0.2) is 4.39 Å². The molecule has 5 heteroatoms. The molecule has 0 aliphatic rings. The summed E-state index contributed by atoms with van der Waals surface area (Å²) in [5, 5.41) is 26.9. The van der Waals surface area contributed by atoms with Crippen LogP contribution in [0.4, 0.5) is 4.39 Å². The van der Waals surface area contributed by atoms with Crippen molar-refractivity contribution in [2.45, 2.75) is 18.8 Å². The molecule has 0 bridgehead atoms. The van der Waals surface area contributed by atoms with Gasteiger partial charge >= 0.3 is 0 Å². The van der Waals surface area contributed by atoms with Crippen LogP contribution in [-0.2, 0) is 6.54 Å². The first-order valence-corrected chi connectivity index (χ1v) is 4.34. The zero-order valence-corrected chi connectivity index (χ0v) is 7.89. The second-order valence-electron chi connectivity index (χ2n) is 3.08. The molecular weight excluding hydrogens is 199 g/mol. The van der Waals surface area contributed by atoms with Crippen molar-refractivity contribution in [2.75, 3.05) is 0 Å². The number of halogens is 1. The van der Waals surface area contributed by atoms with Crippen LogP contribution >= 0.6 is 0 Å². The maximum atomic E-state index is 13.2. The molecule has 4 N–H and O–H groups in total. The van der Waals surface area contributed by atoms with Gasteiger partial charge in [-0.15, -0.1) is 0 Å². The molecule has 0 saturated carbocycles. The van der Waals surface area contributed by atoms with Crippen molar-refractivity contribution < 1.29 is 14.6 Å². The molecular formula is C10H11FN2O2. The van der Waals surface area contributed by atoms with E-state index in [0.717, 1.165) is 6.07 Å². The lowest BCUT2D eigenvalue weighted by Gasteiger charge is -2.13. The van der Waals surface area contributed by atoms with Crippen LogP contribution in [0.5, 0.6) is 0 Å². The number of aliphatic hydroxyl groups excluding tert-OH is 2. The van der Waals surface area contributed by atoms with E-state index in [1.165, 1.54) is 18.2 Å². The maximum Gasteiger partial charge on any atom is 0.170 e. The van der Waals surface area contributed by atoms with E-state index in [4.69, 9.17) is 16.1 Å². The fourth-order valence-electron chi connectivity index (χ4n) is 1.19. The minimum absolute atomic E-state index is 0.119. The van der Waals surface area contributed by atoms with Crippen molar-refractivity contribution in [1.82, 2.24) is 0 Å². The SMILES string of the molecule is N#CC(O)C(O)c1cc(CN)ccc1F. The van der Waals surface area contributed by atoms with E-state index in [2.05, 4.69) is 0 Å². The van der Waals surface area contributed by atoms with Crippen molar-refractivity contribution in [3.8, 4) is 6.07 Å². The van der Waals surface area contributed by atoms with Crippen LogP contribution in [0.15, 0.2) is 18.2 Å². The molecule has 80 valence electrons. The summed E-state index contributed by atoms with van der Waals surface area (Å²) in [6.07, 6.45) is -3.20. The standard InChI is InChI=1S/C10H11FN2O2/c11-8-2-1-6(4-12)3-7(8)10(15)9(14)5-13/h1-3,9-10,14-15H,4,12H2. The normalized spacial score (nSPS) is 14.3. The molecule has 2 unspecified atom stereocenters. The Morgan fingerprint density at radius 1 is 1.47 bits per heavy atom. The molecule has 0 aliphatic heterocycles. The molecule has 0 aromatic heterocycles. The Balaban J connectivity index is 3.07. The smallest absolute Gasteiger partial charge is 0.170 e. The third kappa shape index (κ3) is 2.50. The molecule has 0 saturated heterocycles. The largest absolute Gasteiger partial charge is 0.384 e. The highest BCUT2D eigenvalue weighted by Gasteiger charge is 2.21. The number of nitrogens with zero attached hydrogens (tertiary/aromatic N) is 1. The van der Waals surface area contributed by atoms with Crippen LogP contribution in [0.2, 0.25) is 0 Å². The molecule has 0 amide bonds. The number of nitriles is 1. The minimum Gasteiger partial charge on any atom is -0.384 e.